The molecule has 1 aliphatic rings. The van der Waals surface area contributed by atoms with E-state index < -0.39 is 12.1 Å². The molecule has 0 N–H and O–H groups in total. The van der Waals surface area contributed by atoms with Crippen molar-refractivity contribution < 1.29 is 13.2 Å². The highest BCUT2D eigenvalue weighted by Crippen LogP contribution is 2.35. The van der Waals surface area contributed by atoms with E-state index in [1.165, 1.54) is 6.20 Å². The van der Waals surface area contributed by atoms with E-state index in [0.717, 1.165) is 0 Å². The van der Waals surface area contributed by atoms with Crippen LogP contribution in [0.25, 0.3) is 0 Å². The topological polar surface area (TPSA) is 39.9 Å². The van der Waals surface area contributed by atoms with Gasteiger partial charge in [0.1, 0.15) is 6.07 Å². The van der Waals surface area contributed by atoms with Gasteiger partial charge in [0.05, 0.1) is 11.6 Å². The predicted octanol–water partition coefficient (Wildman–Crippen LogP) is 2.73. The molecule has 96 valence electrons. The first kappa shape index (κ1) is 12.7. The number of pyridine rings is 1. The van der Waals surface area contributed by atoms with Crippen LogP contribution in [0.3, 0.4) is 0 Å². The quantitative estimate of drug-likeness (QED) is 0.774. The van der Waals surface area contributed by atoms with Crippen LogP contribution in [-0.4, -0.2) is 24.2 Å². The van der Waals surface area contributed by atoms with Crippen LogP contribution >= 0.6 is 0 Å². The van der Waals surface area contributed by atoms with Gasteiger partial charge in [0.2, 0.25) is 0 Å². The fourth-order valence-electron chi connectivity index (χ4n) is 2.19. The van der Waals surface area contributed by atoms with Crippen molar-refractivity contribution in [2.75, 3.05) is 18.0 Å². The summed E-state index contributed by atoms with van der Waals surface area (Å²) in [5.41, 5.74) is 0.892. The molecular formula is C12H12F3N3. The van der Waals surface area contributed by atoms with Crippen molar-refractivity contribution in [1.82, 2.24) is 4.98 Å². The van der Waals surface area contributed by atoms with Gasteiger partial charge in [-0.2, -0.15) is 18.4 Å². The molecule has 3 nitrogen and oxygen atoms in total. The maximum Gasteiger partial charge on any atom is 0.391 e. The van der Waals surface area contributed by atoms with Gasteiger partial charge < -0.3 is 4.90 Å². The molecule has 0 spiro atoms. The van der Waals surface area contributed by atoms with Crippen LogP contribution in [0, 0.1) is 17.2 Å². The Hall–Kier alpha value is -1.77. The summed E-state index contributed by atoms with van der Waals surface area (Å²) in [6.07, 6.45) is -2.46. The van der Waals surface area contributed by atoms with Crippen molar-refractivity contribution in [2.24, 2.45) is 5.92 Å². The number of nitriles is 1. The van der Waals surface area contributed by atoms with Gasteiger partial charge in [-0.3, -0.25) is 0 Å². The number of hydrogen-bond donors (Lipinski definition) is 0. The van der Waals surface area contributed by atoms with Crippen LogP contribution in [0.1, 0.15) is 18.5 Å². The number of halogens is 3. The monoisotopic (exact) mass is 255 g/mol. The van der Waals surface area contributed by atoms with Gasteiger partial charge in [-0.1, -0.05) is 0 Å². The molecule has 6 heteroatoms. The van der Waals surface area contributed by atoms with Crippen molar-refractivity contribution in [3.05, 3.63) is 24.0 Å². The van der Waals surface area contributed by atoms with Crippen molar-refractivity contribution in [2.45, 2.75) is 19.0 Å². The summed E-state index contributed by atoms with van der Waals surface area (Å²) in [7, 11) is 0. The second kappa shape index (κ2) is 4.84. The molecule has 1 aromatic heterocycles. The van der Waals surface area contributed by atoms with E-state index in [2.05, 4.69) is 4.98 Å². The number of anilines is 1. The van der Waals surface area contributed by atoms with Crippen molar-refractivity contribution in [3.8, 4) is 6.07 Å². The Kier molecular flexibility index (Phi) is 3.41. The number of nitrogens with zero attached hydrogens (tertiary/aromatic N) is 3. The molecular weight excluding hydrogens is 243 g/mol. The normalized spacial score (nSPS) is 17.6. The number of aromatic nitrogens is 1. The van der Waals surface area contributed by atoms with E-state index in [9.17, 15) is 13.2 Å². The van der Waals surface area contributed by atoms with Gasteiger partial charge in [-0.15, -0.1) is 0 Å². The Bertz CT molecular complexity index is 456. The van der Waals surface area contributed by atoms with Gasteiger partial charge in [0, 0.05) is 19.3 Å². The Morgan fingerprint density at radius 1 is 1.33 bits per heavy atom. The SMILES string of the molecule is N#Cc1ncccc1N1CCC(C(F)(F)F)CC1. The van der Waals surface area contributed by atoms with Crippen molar-refractivity contribution in [3.63, 3.8) is 0 Å². The summed E-state index contributed by atoms with van der Waals surface area (Å²) >= 11 is 0. The highest BCUT2D eigenvalue weighted by molar-refractivity contribution is 5.55. The van der Waals surface area contributed by atoms with Gasteiger partial charge >= 0.3 is 6.18 Å². The molecule has 2 rings (SSSR count). The minimum Gasteiger partial charge on any atom is -0.369 e. The Morgan fingerprint density at radius 3 is 2.56 bits per heavy atom. The predicted molar refractivity (Wildman–Crippen MR) is 59.9 cm³/mol. The summed E-state index contributed by atoms with van der Waals surface area (Å²) in [6.45, 7) is 0.620. The summed E-state index contributed by atoms with van der Waals surface area (Å²) in [4.78, 5) is 5.71. The maximum atomic E-state index is 12.5. The van der Waals surface area contributed by atoms with Crippen LogP contribution in [0.15, 0.2) is 18.3 Å². The van der Waals surface area contributed by atoms with Crippen molar-refractivity contribution in [1.29, 1.82) is 5.26 Å². The summed E-state index contributed by atoms with van der Waals surface area (Å²) in [6, 6.07) is 5.37. The third-order valence-corrected chi connectivity index (χ3v) is 3.19. The fourth-order valence-corrected chi connectivity index (χ4v) is 2.19. The first-order valence-electron chi connectivity index (χ1n) is 5.69. The first-order chi connectivity index (χ1) is 8.52. The lowest BCUT2D eigenvalue weighted by Crippen LogP contribution is -2.39. The van der Waals surface area contributed by atoms with Gasteiger partial charge in [-0.25, -0.2) is 4.98 Å². The van der Waals surface area contributed by atoms with E-state index >= 15 is 0 Å². The molecule has 0 aliphatic carbocycles. The Balaban J connectivity index is 2.09. The highest BCUT2D eigenvalue weighted by atomic mass is 19.4. The van der Waals surface area contributed by atoms with E-state index in [1.807, 2.05) is 6.07 Å². The molecule has 18 heavy (non-hydrogen) atoms. The third kappa shape index (κ3) is 2.55. The standard InChI is InChI=1S/C12H12F3N3/c13-12(14,15)9-3-6-18(7-4-9)11-2-1-5-17-10(11)8-16/h1-2,5,9H,3-4,6-7H2. The lowest BCUT2D eigenvalue weighted by Gasteiger charge is -2.34. The molecule has 0 radical (unpaired) electrons. The van der Waals surface area contributed by atoms with Crippen LogP contribution in [-0.2, 0) is 0 Å². The third-order valence-electron chi connectivity index (χ3n) is 3.19. The van der Waals surface area contributed by atoms with Crippen LogP contribution in [0.4, 0.5) is 18.9 Å². The molecule has 0 amide bonds. The molecule has 1 saturated heterocycles. The average molecular weight is 255 g/mol. The van der Waals surface area contributed by atoms with E-state index in [-0.39, 0.29) is 18.5 Å². The minimum atomic E-state index is -4.11. The summed E-state index contributed by atoms with van der Waals surface area (Å²) < 4.78 is 37.6. The zero-order valence-corrected chi connectivity index (χ0v) is 9.61. The summed E-state index contributed by atoms with van der Waals surface area (Å²) in [5.74, 6) is -1.23. The number of rotatable bonds is 1. The molecule has 1 aliphatic heterocycles. The van der Waals surface area contributed by atoms with Crippen LogP contribution < -0.4 is 4.90 Å². The lowest BCUT2D eigenvalue weighted by molar-refractivity contribution is -0.179. The van der Waals surface area contributed by atoms with E-state index in [0.29, 0.717) is 18.8 Å². The molecule has 0 aromatic carbocycles. The second-order valence-corrected chi connectivity index (χ2v) is 4.29. The number of piperidine rings is 1. The zero-order valence-electron chi connectivity index (χ0n) is 9.61. The van der Waals surface area contributed by atoms with Gasteiger partial charge in [-0.05, 0) is 25.0 Å². The Labute approximate surface area is 103 Å². The van der Waals surface area contributed by atoms with Gasteiger partial charge in [0.25, 0.3) is 0 Å². The van der Waals surface area contributed by atoms with Crippen LogP contribution in [0.5, 0.6) is 0 Å². The van der Waals surface area contributed by atoms with Crippen molar-refractivity contribution >= 4 is 5.69 Å². The molecule has 1 aromatic rings. The molecule has 0 saturated carbocycles. The zero-order chi connectivity index (χ0) is 13.2. The van der Waals surface area contributed by atoms with Crippen LogP contribution in [0.2, 0.25) is 0 Å². The minimum absolute atomic E-state index is 0.0727. The smallest absolute Gasteiger partial charge is 0.369 e. The average Bonchev–Trinajstić information content (AvgIpc) is 2.38. The molecule has 1 fully saturated rings. The number of alkyl halides is 3. The number of hydrogen-bond acceptors (Lipinski definition) is 3. The highest BCUT2D eigenvalue weighted by Gasteiger charge is 2.41. The summed E-state index contributed by atoms with van der Waals surface area (Å²) in [5, 5.41) is 8.91. The van der Waals surface area contributed by atoms with Gasteiger partial charge in [0.15, 0.2) is 5.69 Å². The largest absolute Gasteiger partial charge is 0.391 e. The molecule has 0 bridgehead atoms. The Morgan fingerprint density at radius 2 is 2.00 bits per heavy atom. The second-order valence-electron chi connectivity index (χ2n) is 4.29. The molecule has 2 heterocycles. The maximum absolute atomic E-state index is 12.5. The first-order valence-corrected chi connectivity index (χ1v) is 5.69. The van der Waals surface area contributed by atoms with E-state index in [4.69, 9.17) is 5.26 Å². The lowest BCUT2D eigenvalue weighted by atomic mass is 9.96. The molecule has 0 unspecified atom stereocenters. The fraction of sp³-hybridized carbons (Fsp3) is 0.500. The van der Waals surface area contributed by atoms with E-state index in [1.54, 1.807) is 17.0 Å². The molecule has 0 atom stereocenters.